The zero-order valence-corrected chi connectivity index (χ0v) is 19.0. The Morgan fingerprint density at radius 1 is 1.26 bits per heavy atom. The van der Waals surface area contributed by atoms with Crippen LogP contribution in [0.1, 0.15) is 40.9 Å². The van der Waals surface area contributed by atoms with Crippen molar-refractivity contribution in [1.82, 2.24) is 14.9 Å². The summed E-state index contributed by atoms with van der Waals surface area (Å²) in [6.07, 6.45) is 2.81. The number of nitrogens with zero attached hydrogens (tertiary/aromatic N) is 2. The number of hydrogen-bond acceptors (Lipinski definition) is 6. The van der Waals surface area contributed by atoms with Crippen molar-refractivity contribution in [3.05, 3.63) is 51.5 Å². The molecule has 4 N–H and O–H groups in total. The van der Waals surface area contributed by atoms with E-state index >= 15 is 0 Å². The van der Waals surface area contributed by atoms with Gasteiger partial charge in [-0.15, -0.1) is 0 Å². The molecule has 2 aromatic rings. The molecule has 2 fully saturated rings. The first-order valence-electron chi connectivity index (χ1n) is 11.3. The zero-order chi connectivity index (χ0) is 24.1. The van der Waals surface area contributed by atoms with E-state index < -0.39 is 12.1 Å². The molecule has 1 aliphatic carbocycles. The van der Waals surface area contributed by atoms with Gasteiger partial charge >= 0.3 is 5.97 Å². The largest absolute Gasteiger partial charge is 0.784 e. The van der Waals surface area contributed by atoms with Crippen LogP contribution < -0.4 is 10.6 Å². The van der Waals surface area contributed by atoms with Gasteiger partial charge in [-0.25, -0.2) is 0 Å². The van der Waals surface area contributed by atoms with Crippen LogP contribution in [-0.2, 0) is 20.8 Å². The number of carbonyl (C=O) groups is 3. The first-order chi connectivity index (χ1) is 16.2. The number of anilines is 2. The summed E-state index contributed by atoms with van der Waals surface area (Å²) in [6, 6.07) is 5.44. The molecule has 2 aliphatic heterocycles. The smallest absolute Gasteiger partial charge is 0.307 e. The number of hydrogen-bond donors (Lipinski definition) is 4. The summed E-state index contributed by atoms with van der Waals surface area (Å²) in [4.78, 5) is 41.8. The Labute approximate surface area is 196 Å². The van der Waals surface area contributed by atoms with Crippen LogP contribution in [0.2, 0.25) is 0 Å². The van der Waals surface area contributed by atoms with E-state index in [2.05, 4.69) is 15.6 Å². The van der Waals surface area contributed by atoms with Crippen LogP contribution in [0.3, 0.4) is 0 Å². The number of aromatic amines is 1. The molecule has 5 rings (SSSR count). The first-order valence-corrected chi connectivity index (χ1v) is 11.3. The number of H-pyrrole nitrogens is 1. The molecule has 1 saturated heterocycles. The van der Waals surface area contributed by atoms with Crippen molar-refractivity contribution in [2.45, 2.75) is 45.3 Å². The van der Waals surface area contributed by atoms with E-state index in [1.807, 2.05) is 18.7 Å². The average molecular weight is 465 g/mol. The van der Waals surface area contributed by atoms with Gasteiger partial charge in [0, 0.05) is 41.8 Å². The second-order valence-electron chi connectivity index (χ2n) is 9.08. The van der Waals surface area contributed by atoms with Crippen molar-refractivity contribution in [2.75, 3.05) is 23.7 Å². The van der Waals surface area contributed by atoms with Gasteiger partial charge in [0.1, 0.15) is 6.17 Å². The Hall–Kier alpha value is -3.47. The Morgan fingerprint density at radius 2 is 2.03 bits per heavy atom. The molecule has 0 spiro atoms. The minimum absolute atomic E-state index is 0.0941. The van der Waals surface area contributed by atoms with Gasteiger partial charge in [-0.2, -0.15) is 0 Å². The lowest BCUT2D eigenvalue weighted by molar-refractivity contribution is -0.136. The van der Waals surface area contributed by atoms with Gasteiger partial charge in [0.25, 0.3) is 11.8 Å². The fraction of sp³-hybridized carbons (Fsp3) is 0.375. The number of carbonyl (C=O) groups excluding carboxylic acids is 2. The van der Waals surface area contributed by atoms with Gasteiger partial charge in [-0.1, -0.05) is 6.07 Å². The summed E-state index contributed by atoms with van der Waals surface area (Å²) in [5, 5.41) is 27.8. The molecule has 2 amide bonds. The molecule has 1 unspecified atom stereocenters. The quantitative estimate of drug-likeness (QED) is 0.481. The lowest BCUT2D eigenvalue weighted by Gasteiger charge is -2.33. The molecule has 1 atom stereocenters. The Balaban J connectivity index is 1.37. The predicted octanol–water partition coefficient (Wildman–Crippen LogP) is 2.29. The molecule has 1 saturated carbocycles. The van der Waals surface area contributed by atoms with E-state index in [9.17, 15) is 19.6 Å². The number of aryl methyl sites for hydroxylation is 1. The summed E-state index contributed by atoms with van der Waals surface area (Å²) >= 11 is 0. The fourth-order valence-electron chi connectivity index (χ4n) is 4.84. The summed E-state index contributed by atoms with van der Waals surface area (Å²) in [5.74, 6) is -1.57. The van der Waals surface area contributed by atoms with Gasteiger partial charge in [0.15, 0.2) is 0 Å². The summed E-state index contributed by atoms with van der Waals surface area (Å²) < 4.78 is 0. The molecule has 34 heavy (non-hydrogen) atoms. The SMILES string of the molecule is Cc1[nH]c(/C=C2\C(=O)Nc3cc(NC(=O)C4N([O-])CCN4C4CC4)ccc32)c(C)c1CC(=O)O. The molecule has 10 nitrogen and oxygen atoms in total. The number of hydroxylamine groups is 2. The van der Waals surface area contributed by atoms with Crippen molar-refractivity contribution in [1.29, 1.82) is 0 Å². The van der Waals surface area contributed by atoms with Crippen LogP contribution in [0.25, 0.3) is 11.6 Å². The zero-order valence-electron chi connectivity index (χ0n) is 19.0. The normalized spacial score (nSPS) is 21.7. The maximum Gasteiger partial charge on any atom is 0.307 e. The van der Waals surface area contributed by atoms with E-state index in [-0.39, 0.29) is 18.2 Å². The van der Waals surface area contributed by atoms with Gasteiger partial charge in [0.2, 0.25) is 0 Å². The van der Waals surface area contributed by atoms with E-state index in [4.69, 9.17) is 5.11 Å². The topological polar surface area (TPSA) is 141 Å². The van der Waals surface area contributed by atoms with Crippen molar-refractivity contribution in [2.24, 2.45) is 0 Å². The monoisotopic (exact) mass is 464 g/mol. The summed E-state index contributed by atoms with van der Waals surface area (Å²) in [7, 11) is 0. The molecular formula is C24H26N5O5-. The highest BCUT2D eigenvalue weighted by Gasteiger charge is 2.41. The van der Waals surface area contributed by atoms with Crippen molar-refractivity contribution in [3.63, 3.8) is 0 Å². The summed E-state index contributed by atoms with van der Waals surface area (Å²) in [6.45, 7) is 4.54. The van der Waals surface area contributed by atoms with Crippen LogP contribution in [0, 0.1) is 19.1 Å². The highest BCUT2D eigenvalue weighted by atomic mass is 16.5. The number of rotatable bonds is 6. The lowest BCUT2D eigenvalue weighted by Crippen LogP contribution is -2.46. The third-order valence-corrected chi connectivity index (χ3v) is 6.73. The summed E-state index contributed by atoms with van der Waals surface area (Å²) in [5.41, 5.74) is 5.11. The van der Waals surface area contributed by atoms with Gasteiger partial charge in [0.05, 0.1) is 17.7 Å². The van der Waals surface area contributed by atoms with E-state index in [1.165, 1.54) is 0 Å². The van der Waals surface area contributed by atoms with Crippen LogP contribution in [0.4, 0.5) is 11.4 Å². The Bertz CT molecular complexity index is 1230. The third-order valence-electron chi connectivity index (χ3n) is 6.73. The fourth-order valence-corrected chi connectivity index (χ4v) is 4.84. The molecule has 1 aromatic heterocycles. The van der Waals surface area contributed by atoms with Crippen LogP contribution in [-0.4, -0.2) is 63.1 Å². The molecule has 3 aliphatic rings. The van der Waals surface area contributed by atoms with E-state index in [1.54, 1.807) is 24.3 Å². The molecule has 3 heterocycles. The minimum Gasteiger partial charge on any atom is -0.784 e. The van der Waals surface area contributed by atoms with Crippen LogP contribution >= 0.6 is 0 Å². The van der Waals surface area contributed by atoms with Crippen LogP contribution in [0.5, 0.6) is 0 Å². The highest BCUT2D eigenvalue weighted by molar-refractivity contribution is 6.35. The molecule has 10 heteroatoms. The average Bonchev–Trinajstić information content (AvgIpc) is 3.41. The molecular weight excluding hydrogens is 438 g/mol. The number of aromatic nitrogens is 1. The van der Waals surface area contributed by atoms with E-state index in [0.29, 0.717) is 52.9 Å². The maximum atomic E-state index is 12.8. The minimum atomic E-state index is -0.916. The molecule has 0 radical (unpaired) electrons. The molecule has 0 bridgehead atoms. The second-order valence-corrected chi connectivity index (χ2v) is 9.08. The van der Waals surface area contributed by atoms with Crippen molar-refractivity contribution >= 4 is 40.8 Å². The number of carboxylic acid groups (broad SMARTS) is 1. The number of aliphatic carboxylic acids is 1. The number of nitrogens with one attached hydrogen (secondary N) is 3. The van der Waals surface area contributed by atoms with Gasteiger partial charge in [-0.05, 0) is 56.0 Å². The van der Waals surface area contributed by atoms with Crippen molar-refractivity contribution in [3.8, 4) is 0 Å². The Morgan fingerprint density at radius 3 is 2.74 bits per heavy atom. The standard InChI is InChI=1S/C24H26N5O5/c1-12-17(11-21(30)31)13(2)25-19(12)10-18-16-6-3-14(9-20(16)27-22(18)32)26-23(33)24-28(15-4-5-15)7-8-29(24)34/h3,6,9-10,15,24-25H,4-5,7-8,11H2,1-2H3,(H,26,33)(H,27,32)(H,30,31)/q-1/b18-10-. The van der Waals surface area contributed by atoms with Crippen LogP contribution in [0.15, 0.2) is 18.2 Å². The Kier molecular flexibility index (Phi) is 5.51. The van der Waals surface area contributed by atoms with Gasteiger partial charge < -0.3 is 31.0 Å². The second kappa shape index (κ2) is 8.39. The predicted molar refractivity (Wildman–Crippen MR) is 127 cm³/mol. The number of fused-ring (bicyclic) bond motifs is 1. The van der Waals surface area contributed by atoms with Crippen molar-refractivity contribution < 1.29 is 19.5 Å². The molecule has 178 valence electrons. The van der Waals surface area contributed by atoms with Gasteiger partial charge in [-0.3, -0.25) is 19.3 Å². The highest BCUT2D eigenvalue weighted by Crippen LogP contribution is 2.36. The lowest BCUT2D eigenvalue weighted by atomic mass is 10.0. The number of carboxylic acids is 1. The first kappa shape index (κ1) is 22.3. The molecule has 1 aromatic carbocycles. The number of amides is 2. The number of benzene rings is 1. The third kappa shape index (κ3) is 4.00. The maximum absolute atomic E-state index is 12.8. The van der Waals surface area contributed by atoms with E-state index in [0.717, 1.165) is 29.2 Å².